The van der Waals surface area contributed by atoms with E-state index in [0.717, 1.165) is 13.0 Å². The SMILES string of the molecule is CCCNc1nc(Cl)ncc1C#CCCCNC(=O)CN(C)C(=O)OC(C)(C)C. The normalized spacial score (nSPS) is 10.6. The average molecular weight is 424 g/mol. The molecule has 9 heteroatoms. The number of hydrogen-bond donors (Lipinski definition) is 2. The van der Waals surface area contributed by atoms with Crippen LogP contribution in [0.3, 0.4) is 0 Å². The maximum absolute atomic E-state index is 11.9. The Labute approximate surface area is 177 Å². The van der Waals surface area contributed by atoms with Crippen molar-refractivity contribution in [2.24, 2.45) is 0 Å². The first-order valence-electron chi connectivity index (χ1n) is 9.58. The summed E-state index contributed by atoms with van der Waals surface area (Å²) in [5.41, 5.74) is 0.0903. The molecule has 0 spiro atoms. The Morgan fingerprint density at radius 3 is 2.69 bits per heavy atom. The van der Waals surface area contributed by atoms with Crippen molar-refractivity contribution in [2.45, 2.75) is 52.6 Å². The summed E-state index contributed by atoms with van der Waals surface area (Å²) < 4.78 is 5.21. The highest BCUT2D eigenvalue weighted by molar-refractivity contribution is 6.28. The minimum absolute atomic E-state index is 0.0604. The minimum Gasteiger partial charge on any atom is -0.444 e. The summed E-state index contributed by atoms with van der Waals surface area (Å²) >= 11 is 5.83. The molecule has 29 heavy (non-hydrogen) atoms. The van der Waals surface area contributed by atoms with E-state index in [-0.39, 0.29) is 17.7 Å². The molecule has 0 unspecified atom stereocenters. The number of hydrogen-bond acceptors (Lipinski definition) is 6. The highest BCUT2D eigenvalue weighted by Crippen LogP contribution is 2.13. The van der Waals surface area contributed by atoms with Crippen LogP contribution < -0.4 is 10.6 Å². The topological polar surface area (TPSA) is 96.5 Å². The number of amides is 2. The van der Waals surface area contributed by atoms with Crippen LogP contribution in [-0.2, 0) is 9.53 Å². The Morgan fingerprint density at radius 2 is 2.03 bits per heavy atom. The van der Waals surface area contributed by atoms with Crippen molar-refractivity contribution in [2.75, 3.05) is 32.0 Å². The fourth-order valence-corrected chi connectivity index (χ4v) is 2.20. The number of carbonyl (C=O) groups excluding carboxylic acids is 2. The number of halogens is 1. The first kappa shape index (κ1) is 24.5. The molecule has 0 saturated carbocycles. The Kier molecular flexibility index (Phi) is 10.2. The van der Waals surface area contributed by atoms with Crippen molar-refractivity contribution in [1.82, 2.24) is 20.2 Å². The van der Waals surface area contributed by atoms with Gasteiger partial charge < -0.3 is 20.3 Å². The number of rotatable bonds is 8. The molecule has 0 fully saturated rings. The van der Waals surface area contributed by atoms with Crippen molar-refractivity contribution >= 4 is 29.4 Å². The molecule has 8 nitrogen and oxygen atoms in total. The average Bonchev–Trinajstić information content (AvgIpc) is 2.62. The van der Waals surface area contributed by atoms with Gasteiger partial charge in [0.05, 0.1) is 5.56 Å². The van der Waals surface area contributed by atoms with Crippen molar-refractivity contribution < 1.29 is 14.3 Å². The van der Waals surface area contributed by atoms with Gasteiger partial charge in [0.2, 0.25) is 11.2 Å². The number of nitrogens with one attached hydrogen (secondary N) is 2. The Hall–Kier alpha value is -2.53. The highest BCUT2D eigenvalue weighted by atomic mass is 35.5. The third-order valence-electron chi connectivity index (χ3n) is 3.41. The van der Waals surface area contributed by atoms with Gasteiger partial charge in [0.15, 0.2) is 0 Å². The second-order valence-corrected chi connectivity index (χ2v) is 7.76. The number of nitrogens with zero attached hydrogens (tertiary/aromatic N) is 3. The largest absolute Gasteiger partial charge is 0.444 e. The van der Waals surface area contributed by atoms with E-state index in [1.165, 1.54) is 11.9 Å². The molecule has 0 radical (unpaired) electrons. The van der Waals surface area contributed by atoms with E-state index >= 15 is 0 Å². The quantitative estimate of drug-likeness (QED) is 0.379. The highest BCUT2D eigenvalue weighted by Gasteiger charge is 2.20. The van der Waals surface area contributed by atoms with Gasteiger partial charge in [-0.2, -0.15) is 4.98 Å². The molecule has 1 aromatic rings. The van der Waals surface area contributed by atoms with E-state index in [1.807, 2.05) is 0 Å². The van der Waals surface area contributed by atoms with Crippen LogP contribution in [0.2, 0.25) is 5.28 Å². The van der Waals surface area contributed by atoms with E-state index in [4.69, 9.17) is 16.3 Å². The molecule has 0 bridgehead atoms. The Bertz CT molecular complexity index is 753. The standard InChI is InChI=1S/C20H30ClN5O3/c1-6-11-23-17-15(13-24-18(21)25-17)10-8-7-9-12-22-16(27)14-26(5)19(28)29-20(2,3)4/h13H,6-7,9,11-12,14H2,1-5H3,(H,22,27)(H,23,24,25). The van der Waals surface area contributed by atoms with E-state index in [1.54, 1.807) is 27.0 Å². The van der Waals surface area contributed by atoms with Gasteiger partial charge in [-0.25, -0.2) is 9.78 Å². The summed E-state index contributed by atoms with van der Waals surface area (Å²) in [5.74, 6) is 6.45. The maximum atomic E-state index is 11.9. The van der Waals surface area contributed by atoms with Crippen LogP contribution in [0.25, 0.3) is 0 Å². The molecule has 1 heterocycles. The molecule has 2 amide bonds. The first-order valence-corrected chi connectivity index (χ1v) is 9.96. The zero-order valence-electron chi connectivity index (χ0n) is 17.8. The van der Waals surface area contributed by atoms with Gasteiger partial charge in [0, 0.05) is 32.8 Å². The van der Waals surface area contributed by atoms with Crippen molar-refractivity contribution in [3.63, 3.8) is 0 Å². The molecule has 0 saturated heterocycles. The summed E-state index contributed by atoms with van der Waals surface area (Å²) in [5, 5.41) is 6.11. The maximum Gasteiger partial charge on any atom is 0.410 e. The van der Waals surface area contributed by atoms with Gasteiger partial charge in [0.25, 0.3) is 0 Å². The number of anilines is 1. The number of ether oxygens (including phenoxy) is 1. The summed E-state index contributed by atoms with van der Waals surface area (Å²) in [6.07, 6.45) is 3.29. The van der Waals surface area contributed by atoms with Crippen LogP contribution >= 0.6 is 11.6 Å². The fourth-order valence-electron chi connectivity index (χ4n) is 2.07. The number of unbranched alkanes of at least 4 members (excludes halogenated alkanes) is 1. The molecule has 0 atom stereocenters. The van der Waals surface area contributed by atoms with Gasteiger partial charge >= 0.3 is 6.09 Å². The monoisotopic (exact) mass is 423 g/mol. The Morgan fingerprint density at radius 1 is 1.31 bits per heavy atom. The van der Waals surface area contributed by atoms with Crippen LogP contribution in [0.4, 0.5) is 10.6 Å². The van der Waals surface area contributed by atoms with Gasteiger partial charge in [-0.05, 0) is 45.2 Å². The predicted octanol–water partition coefficient (Wildman–Crippen LogP) is 3.07. The second-order valence-electron chi connectivity index (χ2n) is 7.42. The van der Waals surface area contributed by atoms with Crippen LogP contribution in [0.15, 0.2) is 6.20 Å². The lowest BCUT2D eigenvalue weighted by atomic mass is 10.2. The molecule has 0 aliphatic rings. The molecule has 2 N–H and O–H groups in total. The third-order valence-corrected chi connectivity index (χ3v) is 3.59. The summed E-state index contributed by atoms with van der Waals surface area (Å²) in [6.45, 7) is 8.56. The molecular weight excluding hydrogens is 394 g/mol. The summed E-state index contributed by atoms with van der Waals surface area (Å²) in [7, 11) is 1.53. The molecule has 0 aliphatic carbocycles. The fraction of sp³-hybridized carbons (Fsp3) is 0.600. The number of carbonyl (C=O) groups is 2. The van der Waals surface area contributed by atoms with Crippen LogP contribution in [0.5, 0.6) is 0 Å². The van der Waals surface area contributed by atoms with Gasteiger partial charge in [-0.15, -0.1) is 0 Å². The summed E-state index contributed by atoms with van der Waals surface area (Å²) in [4.78, 5) is 33.1. The summed E-state index contributed by atoms with van der Waals surface area (Å²) in [6, 6.07) is 0. The van der Waals surface area contributed by atoms with Gasteiger partial charge in [0.1, 0.15) is 18.0 Å². The van der Waals surface area contributed by atoms with E-state index in [0.29, 0.717) is 30.8 Å². The van der Waals surface area contributed by atoms with Crippen LogP contribution in [0, 0.1) is 11.8 Å². The molecule has 0 aliphatic heterocycles. The lowest BCUT2D eigenvalue weighted by molar-refractivity contribution is -0.122. The first-order chi connectivity index (χ1) is 13.6. The van der Waals surface area contributed by atoms with E-state index in [2.05, 4.69) is 39.4 Å². The third kappa shape index (κ3) is 10.5. The Balaban J connectivity index is 2.38. The lowest BCUT2D eigenvalue weighted by Crippen LogP contribution is -2.41. The molecule has 1 rings (SSSR count). The van der Waals surface area contributed by atoms with Crippen molar-refractivity contribution in [1.29, 1.82) is 0 Å². The molecular formula is C20H30ClN5O3. The van der Waals surface area contributed by atoms with Gasteiger partial charge in [-0.1, -0.05) is 18.8 Å². The number of aromatic nitrogens is 2. The van der Waals surface area contributed by atoms with Crippen molar-refractivity contribution in [3.8, 4) is 11.8 Å². The van der Waals surface area contributed by atoms with Crippen molar-refractivity contribution in [3.05, 3.63) is 17.0 Å². The van der Waals surface area contributed by atoms with E-state index in [9.17, 15) is 9.59 Å². The van der Waals surface area contributed by atoms with E-state index < -0.39 is 11.7 Å². The molecule has 1 aromatic heterocycles. The predicted molar refractivity (Wildman–Crippen MR) is 114 cm³/mol. The minimum atomic E-state index is -0.596. The van der Waals surface area contributed by atoms with Crippen LogP contribution in [-0.4, -0.2) is 59.2 Å². The smallest absolute Gasteiger partial charge is 0.410 e. The van der Waals surface area contributed by atoms with Gasteiger partial charge in [-0.3, -0.25) is 4.79 Å². The number of likely N-dealkylation sites (N-methyl/N-ethyl adjacent to an activating group) is 1. The molecule has 0 aromatic carbocycles. The lowest BCUT2D eigenvalue weighted by Gasteiger charge is -2.24. The zero-order valence-corrected chi connectivity index (χ0v) is 18.5. The van der Waals surface area contributed by atoms with Crippen LogP contribution in [0.1, 0.15) is 52.5 Å². The second kappa shape index (κ2) is 12.1. The zero-order chi connectivity index (χ0) is 21.9. The molecule has 160 valence electrons.